The standard InChI is InChI=1S/C13H30N2O/c1-7-11(3)13(14-8-2)9-15(5)12(4)10-16-6/h11-14H,7-10H2,1-6H3. The molecule has 0 spiro atoms. The van der Waals surface area contributed by atoms with E-state index >= 15 is 0 Å². The molecule has 3 heteroatoms. The van der Waals surface area contributed by atoms with E-state index in [-0.39, 0.29) is 0 Å². The number of likely N-dealkylation sites (N-methyl/N-ethyl adjacent to an activating group) is 2. The number of hydrogen-bond acceptors (Lipinski definition) is 3. The zero-order chi connectivity index (χ0) is 12.6. The molecule has 0 aliphatic heterocycles. The predicted octanol–water partition coefficient (Wildman–Crippen LogP) is 1.98. The van der Waals surface area contributed by atoms with Crippen LogP contribution < -0.4 is 5.32 Å². The van der Waals surface area contributed by atoms with Crippen LogP contribution in [0.3, 0.4) is 0 Å². The zero-order valence-corrected chi connectivity index (χ0v) is 11.9. The van der Waals surface area contributed by atoms with Crippen molar-refractivity contribution in [1.82, 2.24) is 10.2 Å². The lowest BCUT2D eigenvalue weighted by molar-refractivity contribution is 0.104. The Morgan fingerprint density at radius 2 is 1.88 bits per heavy atom. The summed E-state index contributed by atoms with van der Waals surface area (Å²) in [5.74, 6) is 0.720. The van der Waals surface area contributed by atoms with Crippen molar-refractivity contribution in [2.24, 2.45) is 5.92 Å². The van der Waals surface area contributed by atoms with Gasteiger partial charge in [-0.3, -0.25) is 4.90 Å². The minimum atomic E-state index is 0.482. The summed E-state index contributed by atoms with van der Waals surface area (Å²) < 4.78 is 5.19. The number of nitrogens with zero attached hydrogens (tertiary/aromatic N) is 1. The highest BCUT2D eigenvalue weighted by Gasteiger charge is 2.19. The fraction of sp³-hybridized carbons (Fsp3) is 1.00. The molecule has 0 bridgehead atoms. The zero-order valence-electron chi connectivity index (χ0n) is 11.9. The van der Waals surface area contributed by atoms with Crippen molar-refractivity contribution in [3.05, 3.63) is 0 Å². The summed E-state index contributed by atoms with van der Waals surface area (Å²) in [4.78, 5) is 2.38. The van der Waals surface area contributed by atoms with Gasteiger partial charge in [0.2, 0.25) is 0 Å². The third kappa shape index (κ3) is 5.83. The van der Waals surface area contributed by atoms with Gasteiger partial charge in [0.05, 0.1) is 6.61 Å². The molecule has 3 unspecified atom stereocenters. The highest BCUT2D eigenvalue weighted by molar-refractivity contribution is 4.77. The molecule has 0 aromatic carbocycles. The van der Waals surface area contributed by atoms with Crippen LogP contribution in [-0.2, 0) is 4.74 Å². The number of hydrogen-bond donors (Lipinski definition) is 1. The molecule has 0 amide bonds. The lowest BCUT2D eigenvalue weighted by Crippen LogP contribution is -2.47. The van der Waals surface area contributed by atoms with E-state index in [0.717, 1.165) is 25.6 Å². The van der Waals surface area contributed by atoms with Gasteiger partial charge in [-0.1, -0.05) is 27.2 Å². The maximum Gasteiger partial charge on any atom is 0.0615 e. The van der Waals surface area contributed by atoms with Gasteiger partial charge in [0.25, 0.3) is 0 Å². The Balaban J connectivity index is 4.15. The molecule has 0 fully saturated rings. The smallest absolute Gasteiger partial charge is 0.0615 e. The topological polar surface area (TPSA) is 24.5 Å². The molecule has 0 rings (SSSR count). The van der Waals surface area contributed by atoms with Crippen molar-refractivity contribution in [2.45, 2.75) is 46.2 Å². The molecule has 0 heterocycles. The van der Waals surface area contributed by atoms with Crippen LogP contribution in [0.25, 0.3) is 0 Å². The minimum absolute atomic E-state index is 0.482. The van der Waals surface area contributed by atoms with Crippen LogP contribution >= 0.6 is 0 Å². The normalized spacial score (nSPS) is 17.4. The van der Waals surface area contributed by atoms with Gasteiger partial charge in [-0.25, -0.2) is 0 Å². The predicted molar refractivity (Wildman–Crippen MR) is 70.9 cm³/mol. The van der Waals surface area contributed by atoms with E-state index in [1.807, 2.05) is 0 Å². The third-order valence-electron chi connectivity index (χ3n) is 3.44. The lowest BCUT2D eigenvalue weighted by Gasteiger charge is -2.32. The SMILES string of the molecule is CCNC(CN(C)C(C)COC)C(C)CC. The molecule has 0 aliphatic carbocycles. The van der Waals surface area contributed by atoms with Gasteiger partial charge in [-0.15, -0.1) is 0 Å². The van der Waals surface area contributed by atoms with Crippen LogP contribution in [0.4, 0.5) is 0 Å². The summed E-state index contributed by atoms with van der Waals surface area (Å²) in [6, 6.07) is 1.06. The van der Waals surface area contributed by atoms with Gasteiger partial charge in [-0.05, 0) is 26.4 Å². The average Bonchev–Trinajstić information content (AvgIpc) is 2.27. The molecule has 3 atom stereocenters. The first-order valence-corrected chi connectivity index (χ1v) is 6.49. The molecule has 0 aliphatic rings. The van der Waals surface area contributed by atoms with Crippen LogP contribution in [-0.4, -0.2) is 50.8 Å². The van der Waals surface area contributed by atoms with E-state index in [1.165, 1.54) is 6.42 Å². The van der Waals surface area contributed by atoms with Crippen molar-refractivity contribution in [3.63, 3.8) is 0 Å². The van der Waals surface area contributed by atoms with Crippen molar-refractivity contribution in [2.75, 3.05) is 33.9 Å². The highest BCUT2D eigenvalue weighted by Crippen LogP contribution is 2.10. The molecule has 0 aromatic rings. The summed E-state index contributed by atoms with van der Waals surface area (Å²) in [6.07, 6.45) is 1.23. The maximum absolute atomic E-state index is 5.19. The second-order valence-corrected chi connectivity index (χ2v) is 4.79. The fourth-order valence-electron chi connectivity index (χ4n) is 1.85. The Labute approximate surface area is 102 Å². The molecule has 0 aromatic heterocycles. The van der Waals surface area contributed by atoms with E-state index in [0.29, 0.717) is 12.1 Å². The number of ether oxygens (including phenoxy) is 1. The molecule has 3 nitrogen and oxygen atoms in total. The number of rotatable bonds is 9. The monoisotopic (exact) mass is 230 g/mol. The first-order chi connectivity index (χ1) is 7.56. The molecule has 0 saturated carbocycles. The third-order valence-corrected chi connectivity index (χ3v) is 3.44. The van der Waals surface area contributed by atoms with Crippen molar-refractivity contribution >= 4 is 0 Å². The van der Waals surface area contributed by atoms with E-state index in [1.54, 1.807) is 7.11 Å². The first kappa shape index (κ1) is 15.9. The van der Waals surface area contributed by atoms with E-state index < -0.39 is 0 Å². The van der Waals surface area contributed by atoms with Gasteiger partial charge in [0.1, 0.15) is 0 Å². The molecule has 1 N–H and O–H groups in total. The minimum Gasteiger partial charge on any atom is -0.383 e. The fourth-order valence-corrected chi connectivity index (χ4v) is 1.85. The van der Waals surface area contributed by atoms with E-state index in [2.05, 4.69) is 45.0 Å². The van der Waals surface area contributed by atoms with Gasteiger partial charge in [0, 0.05) is 25.7 Å². The van der Waals surface area contributed by atoms with Gasteiger partial charge < -0.3 is 10.1 Å². The highest BCUT2D eigenvalue weighted by atomic mass is 16.5. The molecule has 98 valence electrons. The van der Waals surface area contributed by atoms with Crippen LogP contribution in [0.5, 0.6) is 0 Å². The van der Waals surface area contributed by atoms with Gasteiger partial charge in [-0.2, -0.15) is 0 Å². The molecular formula is C13H30N2O. The molecule has 16 heavy (non-hydrogen) atoms. The van der Waals surface area contributed by atoms with Crippen LogP contribution in [0.15, 0.2) is 0 Å². The van der Waals surface area contributed by atoms with Crippen LogP contribution in [0, 0.1) is 5.92 Å². The Bertz CT molecular complexity index is 164. The largest absolute Gasteiger partial charge is 0.383 e. The quantitative estimate of drug-likeness (QED) is 0.655. The first-order valence-electron chi connectivity index (χ1n) is 6.49. The summed E-state index contributed by atoms with van der Waals surface area (Å²) in [5, 5.41) is 3.58. The summed E-state index contributed by atoms with van der Waals surface area (Å²) in [5.41, 5.74) is 0. The molecular weight excluding hydrogens is 200 g/mol. The number of methoxy groups -OCH3 is 1. The van der Waals surface area contributed by atoms with Crippen molar-refractivity contribution < 1.29 is 4.74 Å². The van der Waals surface area contributed by atoms with Crippen molar-refractivity contribution in [1.29, 1.82) is 0 Å². The average molecular weight is 230 g/mol. The van der Waals surface area contributed by atoms with E-state index in [9.17, 15) is 0 Å². The summed E-state index contributed by atoms with van der Waals surface area (Å²) >= 11 is 0. The lowest BCUT2D eigenvalue weighted by atomic mass is 9.98. The Morgan fingerprint density at radius 1 is 1.25 bits per heavy atom. The maximum atomic E-state index is 5.19. The summed E-state index contributed by atoms with van der Waals surface area (Å²) in [6.45, 7) is 11.9. The number of nitrogens with one attached hydrogen (secondary N) is 1. The van der Waals surface area contributed by atoms with Crippen molar-refractivity contribution in [3.8, 4) is 0 Å². The summed E-state index contributed by atoms with van der Waals surface area (Å²) in [7, 11) is 3.94. The van der Waals surface area contributed by atoms with E-state index in [4.69, 9.17) is 4.74 Å². The van der Waals surface area contributed by atoms with Gasteiger partial charge >= 0.3 is 0 Å². The molecule has 0 radical (unpaired) electrons. The van der Waals surface area contributed by atoms with Gasteiger partial charge in [0.15, 0.2) is 0 Å². The Hall–Kier alpha value is -0.120. The van der Waals surface area contributed by atoms with Crippen LogP contribution in [0.2, 0.25) is 0 Å². The molecule has 0 saturated heterocycles. The second kappa shape index (κ2) is 8.97. The Morgan fingerprint density at radius 3 is 2.31 bits per heavy atom. The van der Waals surface area contributed by atoms with Crippen LogP contribution in [0.1, 0.15) is 34.1 Å². The Kier molecular flexibility index (Phi) is 8.90. The second-order valence-electron chi connectivity index (χ2n) is 4.79.